The first-order chi connectivity index (χ1) is 8.10. The van der Waals surface area contributed by atoms with Gasteiger partial charge < -0.3 is 0 Å². The fourth-order valence-corrected chi connectivity index (χ4v) is 2.39. The number of hydrogen-bond acceptors (Lipinski definition) is 4. The highest BCUT2D eigenvalue weighted by Crippen LogP contribution is 2.13. The standard InChI is InChI=1S/C10H10ClN3O2S/c1-2-6-4-12-8(17-6)5-14-9(15)3-7(11)13-10(14)16/h3-4H,2,5H2,1H3,(H,13,16). The van der Waals surface area contributed by atoms with E-state index < -0.39 is 11.2 Å². The molecule has 0 atom stereocenters. The Hall–Kier alpha value is -1.40. The molecule has 0 amide bonds. The van der Waals surface area contributed by atoms with E-state index in [2.05, 4.69) is 9.97 Å². The first kappa shape index (κ1) is 12.1. The second kappa shape index (κ2) is 4.85. The van der Waals surface area contributed by atoms with Crippen molar-refractivity contribution in [2.75, 3.05) is 0 Å². The van der Waals surface area contributed by atoms with Crippen LogP contribution in [0.15, 0.2) is 21.9 Å². The van der Waals surface area contributed by atoms with Crippen LogP contribution in [0.2, 0.25) is 5.15 Å². The lowest BCUT2D eigenvalue weighted by molar-refractivity contribution is 0.695. The first-order valence-corrected chi connectivity index (χ1v) is 6.23. The molecule has 0 fully saturated rings. The van der Waals surface area contributed by atoms with Gasteiger partial charge in [0.25, 0.3) is 5.56 Å². The Balaban J connectivity index is 2.36. The maximum atomic E-state index is 11.6. The van der Waals surface area contributed by atoms with E-state index in [4.69, 9.17) is 11.6 Å². The molecule has 90 valence electrons. The molecule has 7 heteroatoms. The van der Waals surface area contributed by atoms with Gasteiger partial charge >= 0.3 is 5.69 Å². The van der Waals surface area contributed by atoms with Crippen molar-refractivity contribution in [1.29, 1.82) is 0 Å². The van der Waals surface area contributed by atoms with Gasteiger partial charge in [-0.25, -0.2) is 9.78 Å². The van der Waals surface area contributed by atoms with Crippen LogP contribution in [-0.4, -0.2) is 14.5 Å². The highest BCUT2D eigenvalue weighted by molar-refractivity contribution is 7.11. The fraction of sp³-hybridized carbons (Fsp3) is 0.300. The number of rotatable bonds is 3. The molecule has 0 unspecified atom stereocenters. The van der Waals surface area contributed by atoms with Gasteiger partial charge in [0, 0.05) is 17.1 Å². The summed E-state index contributed by atoms with van der Waals surface area (Å²) >= 11 is 7.06. The van der Waals surface area contributed by atoms with Gasteiger partial charge in [-0.15, -0.1) is 11.3 Å². The van der Waals surface area contributed by atoms with E-state index in [1.807, 2.05) is 6.92 Å². The van der Waals surface area contributed by atoms with Gasteiger partial charge in [0.1, 0.15) is 10.2 Å². The van der Waals surface area contributed by atoms with E-state index in [1.165, 1.54) is 17.4 Å². The zero-order valence-corrected chi connectivity index (χ0v) is 10.6. The third kappa shape index (κ3) is 2.65. The molecule has 2 aromatic rings. The summed E-state index contributed by atoms with van der Waals surface area (Å²) in [5.41, 5.74) is -0.942. The molecule has 5 nitrogen and oxygen atoms in total. The van der Waals surface area contributed by atoms with Crippen LogP contribution in [0.4, 0.5) is 0 Å². The molecule has 0 spiro atoms. The van der Waals surface area contributed by atoms with Crippen molar-refractivity contribution in [3.63, 3.8) is 0 Å². The number of H-pyrrole nitrogens is 1. The van der Waals surface area contributed by atoms with Gasteiger partial charge in [-0.3, -0.25) is 14.3 Å². The number of hydrogen-bond donors (Lipinski definition) is 1. The maximum Gasteiger partial charge on any atom is 0.329 e. The van der Waals surface area contributed by atoms with Gasteiger partial charge in [-0.1, -0.05) is 18.5 Å². The molecule has 17 heavy (non-hydrogen) atoms. The van der Waals surface area contributed by atoms with Crippen molar-refractivity contribution < 1.29 is 0 Å². The van der Waals surface area contributed by atoms with Crippen LogP contribution in [0.3, 0.4) is 0 Å². The molecular weight excluding hydrogens is 262 g/mol. The number of halogens is 1. The van der Waals surface area contributed by atoms with Gasteiger partial charge in [0.15, 0.2) is 0 Å². The summed E-state index contributed by atoms with van der Waals surface area (Å²) < 4.78 is 1.07. The smallest absolute Gasteiger partial charge is 0.298 e. The van der Waals surface area contributed by atoms with E-state index >= 15 is 0 Å². The van der Waals surface area contributed by atoms with Gasteiger partial charge in [-0.05, 0) is 6.42 Å². The highest BCUT2D eigenvalue weighted by Gasteiger charge is 2.07. The molecule has 2 heterocycles. The van der Waals surface area contributed by atoms with Crippen LogP contribution in [0.5, 0.6) is 0 Å². The summed E-state index contributed by atoms with van der Waals surface area (Å²) in [4.78, 5) is 30.8. The molecule has 2 rings (SSSR count). The van der Waals surface area contributed by atoms with Crippen LogP contribution >= 0.6 is 22.9 Å². The second-order valence-electron chi connectivity index (χ2n) is 3.42. The molecule has 0 radical (unpaired) electrons. The van der Waals surface area contributed by atoms with Crippen molar-refractivity contribution in [2.45, 2.75) is 19.9 Å². The molecule has 0 aromatic carbocycles. The Morgan fingerprint density at radius 1 is 1.53 bits per heavy atom. The fourth-order valence-electron chi connectivity index (χ4n) is 1.36. The molecule has 0 aliphatic heterocycles. The average Bonchev–Trinajstić information content (AvgIpc) is 2.71. The number of nitrogens with one attached hydrogen (secondary N) is 1. The van der Waals surface area contributed by atoms with Crippen LogP contribution in [-0.2, 0) is 13.0 Å². The lowest BCUT2D eigenvalue weighted by atomic mass is 10.4. The SMILES string of the molecule is CCc1cnc(Cn2c(=O)cc(Cl)[nH]c2=O)s1. The molecule has 0 saturated heterocycles. The first-order valence-electron chi connectivity index (χ1n) is 5.03. The molecule has 0 aliphatic rings. The molecule has 0 aliphatic carbocycles. The van der Waals surface area contributed by atoms with Crippen molar-refractivity contribution >= 4 is 22.9 Å². The molecule has 0 saturated carbocycles. The zero-order valence-electron chi connectivity index (χ0n) is 9.07. The normalized spacial score (nSPS) is 10.7. The van der Waals surface area contributed by atoms with E-state index in [0.29, 0.717) is 0 Å². The third-order valence-corrected chi connectivity index (χ3v) is 3.56. The minimum Gasteiger partial charge on any atom is -0.298 e. The van der Waals surface area contributed by atoms with Crippen LogP contribution in [0, 0.1) is 0 Å². The molecular formula is C10H10ClN3O2S. The topological polar surface area (TPSA) is 67.8 Å². The van der Waals surface area contributed by atoms with Crippen molar-refractivity contribution in [3.05, 3.63) is 48.1 Å². The van der Waals surface area contributed by atoms with Crippen molar-refractivity contribution in [3.8, 4) is 0 Å². The number of aryl methyl sites for hydroxylation is 1. The number of nitrogens with zero attached hydrogens (tertiary/aromatic N) is 2. The largest absolute Gasteiger partial charge is 0.329 e. The van der Waals surface area contributed by atoms with E-state index in [-0.39, 0.29) is 11.7 Å². The lowest BCUT2D eigenvalue weighted by Crippen LogP contribution is -2.34. The summed E-state index contributed by atoms with van der Waals surface area (Å²) in [6.45, 7) is 2.20. The summed E-state index contributed by atoms with van der Waals surface area (Å²) in [7, 11) is 0. The molecule has 1 N–H and O–H groups in total. The summed E-state index contributed by atoms with van der Waals surface area (Å²) in [6.07, 6.45) is 2.65. The Morgan fingerprint density at radius 2 is 2.29 bits per heavy atom. The minimum atomic E-state index is -0.518. The predicted octanol–water partition coefficient (Wildman–Crippen LogP) is 1.26. The van der Waals surface area contributed by atoms with Crippen LogP contribution in [0.1, 0.15) is 16.8 Å². The van der Waals surface area contributed by atoms with E-state index in [1.54, 1.807) is 6.20 Å². The molecule has 2 aromatic heterocycles. The number of aromatic amines is 1. The van der Waals surface area contributed by atoms with Crippen LogP contribution in [0.25, 0.3) is 0 Å². The van der Waals surface area contributed by atoms with Gasteiger partial charge in [-0.2, -0.15) is 0 Å². The summed E-state index contributed by atoms with van der Waals surface area (Å²) in [5, 5.41) is 0.779. The van der Waals surface area contributed by atoms with Crippen LogP contribution < -0.4 is 11.2 Å². The summed E-state index contributed by atoms with van der Waals surface area (Å²) in [5.74, 6) is 0. The average molecular weight is 272 g/mol. The molecule has 0 bridgehead atoms. The Labute approximate surface area is 106 Å². The third-order valence-electron chi connectivity index (χ3n) is 2.23. The minimum absolute atomic E-state index is 0.0460. The summed E-state index contributed by atoms with van der Waals surface area (Å²) in [6, 6.07) is 1.18. The quantitative estimate of drug-likeness (QED) is 0.855. The van der Waals surface area contributed by atoms with Gasteiger partial charge in [0.05, 0.1) is 6.54 Å². The van der Waals surface area contributed by atoms with Crippen molar-refractivity contribution in [2.24, 2.45) is 0 Å². The zero-order chi connectivity index (χ0) is 12.4. The van der Waals surface area contributed by atoms with E-state index in [9.17, 15) is 9.59 Å². The monoisotopic (exact) mass is 271 g/mol. The highest BCUT2D eigenvalue weighted by atomic mass is 35.5. The predicted molar refractivity (Wildman–Crippen MR) is 66.9 cm³/mol. The number of thiazole rings is 1. The van der Waals surface area contributed by atoms with Gasteiger partial charge in [0.2, 0.25) is 0 Å². The second-order valence-corrected chi connectivity index (χ2v) is 5.03. The Morgan fingerprint density at radius 3 is 2.88 bits per heavy atom. The Bertz CT molecular complexity index is 612. The Kier molecular flexibility index (Phi) is 3.44. The lowest BCUT2D eigenvalue weighted by Gasteiger charge is -2.00. The number of aromatic nitrogens is 3. The van der Waals surface area contributed by atoms with E-state index in [0.717, 1.165) is 20.9 Å². The maximum absolute atomic E-state index is 11.6. The van der Waals surface area contributed by atoms with Crippen molar-refractivity contribution in [1.82, 2.24) is 14.5 Å².